The van der Waals surface area contributed by atoms with Gasteiger partial charge in [-0.2, -0.15) is 5.10 Å². The highest BCUT2D eigenvalue weighted by Crippen LogP contribution is 2.26. The van der Waals surface area contributed by atoms with Crippen LogP contribution in [0.2, 0.25) is 0 Å². The molecule has 152 valence electrons. The first-order chi connectivity index (χ1) is 12.7. The van der Waals surface area contributed by atoms with Gasteiger partial charge in [0.1, 0.15) is 11.4 Å². The lowest BCUT2D eigenvalue weighted by Gasteiger charge is -2.32. The number of aromatic nitrogens is 3. The number of carbonyl (C=O) groups excluding carboxylic acids is 2. The minimum Gasteiger partial charge on any atom is -0.444 e. The summed E-state index contributed by atoms with van der Waals surface area (Å²) in [6.45, 7) is 11.3. The molecule has 0 spiro atoms. The fourth-order valence-corrected chi connectivity index (χ4v) is 3.19. The Hall–Kier alpha value is -2.12. The molecule has 2 heterocycles. The molecule has 0 saturated carbocycles. The molecule has 1 aliphatic rings. The topological polar surface area (TPSA) is 100 Å². The molecule has 2 amide bonds. The number of piperidine rings is 1. The molecule has 8 heteroatoms. The van der Waals surface area contributed by atoms with Crippen LogP contribution in [0.25, 0.3) is 0 Å². The molecule has 0 aromatic carbocycles. The highest BCUT2D eigenvalue weighted by atomic mass is 16.6. The van der Waals surface area contributed by atoms with Crippen molar-refractivity contribution >= 4 is 12.0 Å². The molecular weight excluding hydrogens is 346 g/mol. The van der Waals surface area contributed by atoms with Crippen molar-refractivity contribution < 1.29 is 14.3 Å². The van der Waals surface area contributed by atoms with Crippen LogP contribution in [-0.4, -0.2) is 50.8 Å². The normalized spacial score (nSPS) is 15.9. The van der Waals surface area contributed by atoms with E-state index < -0.39 is 5.60 Å². The Balaban J connectivity index is 1.82. The quantitative estimate of drug-likeness (QED) is 0.791. The lowest BCUT2D eigenvalue weighted by atomic mass is 9.96. The molecule has 2 rings (SSSR count). The van der Waals surface area contributed by atoms with Gasteiger partial charge in [0.05, 0.1) is 6.54 Å². The zero-order chi connectivity index (χ0) is 20.0. The van der Waals surface area contributed by atoms with Crippen LogP contribution >= 0.6 is 0 Å². The lowest BCUT2D eigenvalue weighted by Crippen LogP contribution is -2.41. The molecule has 1 saturated heterocycles. The first-order valence-electron chi connectivity index (χ1n) is 9.90. The molecule has 1 fully saturated rings. The Morgan fingerprint density at radius 2 is 1.89 bits per heavy atom. The van der Waals surface area contributed by atoms with Crippen molar-refractivity contribution in [3.8, 4) is 0 Å². The second kappa shape index (κ2) is 9.19. The van der Waals surface area contributed by atoms with Crippen LogP contribution in [0.4, 0.5) is 4.79 Å². The number of likely N-dealkylation sites (tertiary alicyclic amines) is 1. The van der Waals surface area contributed by atoms with Gasteiger partial charge in [-0.3, -0.25) is 9.89 Å². The number of hydrogen-bond acceptors (Lipinski definition) is 5. The fraction of sp³-hybridized carbons (Fsp3) is 0.789. The number of aromatic amines is 1. The average molecular weight is 380 g/mol. The maximum Gasteiger partial charge on any atom is 0.410 e. The van der Waals surface area contributed by atoms with Gasteiger partial charge in [-0.25, -0.2) is 9.78 Å². The predicted octanol–water partition coefficient (Wildman–Crippen LogP) is 2.97. The van der Waals surface area contributed by atoms with Gasteiger partial charge >= 0.3 is 6.09 Å². The van der Waals surface area contributed by atoms with Crippen molar-refractivity contribution in [3.63, 3.8) is 0 Å². The molecule has 0 atom stereocenters. The van der Waals surface area contributed by atoms with E-state index in [1.165, 1.54) is 0 Å². The summed E-state index contributed by atoms with van der Waals surface area (Å²) in [7, 11) is 0. The summed E-state index contributed by atoms with van der Waals surface area (Å²) in [5.74, 6) is 1.74. The van der Waals surface area contributed by atoms with Crippen LogP contribution in [-0.2, 0) is 16.1 Å². The first kappa shape index (κ1) is 21.2. The van der Waals surface area contributed by atoms with E-state index in [1.54, 1.807) is 4.90 Å². The SMILES string of the molecule is CCC(CC)C(=O)NCc1nc(C2CCN(C(=O)OC(C)(C)C)CC2)n[nH]1. The van der Waals surface area contributed by atoms with Crippen molar-refractivity contribution in [1.82, 2.24) is 25.4 Å². The highest BCUT2D eigenvalue weighted by molar-refractivity contribution is 5.78. The summed E-state index contributed by atoms with van der Waals surface area (Å²) in [5.41, 5.74) is -0.481. The first-order valence-corrected chi connectivity index (χ1v) is 9.90. The number of H-pyrrole nitrogens is 1. The van der Waals surface area contributed by atoms with Crippen molar-refractivity contribution in [2.24, 2.45) is 5.92 Å². The van der Waals surface area contributed by atoms with Crippen LogP contribution in [0.5, 0.6) is 0 Å². The summed E-state index contributed by atoms with van der Waals surface area (Å²) in [6.07, 6.45) is 3.01. The zero-order valence-electron chi connectivity index (χ0n) is 17.2. The predicted molar refractivity (Wildman–Crippen MR) is 102 cm³/mol. The molecule has 8 nitrogen and oxygen atoms in total. The summed E-state index contributed by atoms with van der Waals surface area (Å²) in [5, 5.41) is 10.1. The Labute approximate surface area is 161 Å². The molecule has 0 unspecified atom stereocenters. The number of nitrogens with one attached hydrogen (secondary N) is 2. The van der Waals surface area contributed by atoms with Gasteiger partial charge in [0.15, 0.2) is 5.82 Å². The number of nitrogens with zero attached hydrogens (tertiary/aromatic N) is 3. The van der Waals surface area contributed by atoms with E-state index in [1.807, 2.05) is 34.6 Å². The number of amides is 2. The summed E-state index contributed by atoms with van der Waals surface area (Å²) in [6, 6.07) is 0. The van der Waals surface area contributed by atoms with E-state index in [4.69, 9.17) is 4.74 Å². The molecular formula is C19H33N5O3. The van der Waals surface area contributed by atoms with Crippen molar-refractivity contribution in [3.05, 3.63) is 11.6 Å². The van der Waals surface area contributed by atoms with Crippen LogP contribution in [0.1, 0.15) is 77.9 Å². The standard InChI is InChI=1S/C19H33N5O3/c1-6-13(7-2)17(25)20-12-15-21-16(23-22-15)14-8-10-24(11-9-14)18(26)27-19(3,4)5/h13-14H,6-12H2,1-5H3,(H,20,25)(H,21,22,23). The van der Waals surface area contributed by atoms with E-state index >= 15 is 0 Å². The summed E-state index contributed by atoms with van der Waals surface area (Å²) in [4.78, 5) is 30.5. The third-order valence-electron chi connectivity index (χ3n) is 4.85. The molecule has 1 aliphatic heterocycles. The minimum atomic E-state index is -0.481. The van der Waals surface area contributed by atoms with Crippen LogP contribution in [0, 0.1) is 5.92 Å². The monoisotopic (exact) mass is 379 g/mol. The molecule has 1 aromatic heterocycles. The largest absolute Gasteiger partial charge is 0.444 e. The second-order valence-electron chi connectivity index (χ2n) is 8.11. The van der Waals surface area contributed by atoms with Crippen LogP contribution < -0.4 is 5.32 Å². The van der Waals surface area contributed by atoms with E-state index in [0.717, 1.165) is 31.5 Å². The molecule has 27 heavy (non-hydrogen) atoms. The van der Waals surface area contributed by atoms with Crippen LogP contribution in [0.15, 0.2) is 0 Å². The van der Waals surface area contributed by atoms with Gasteiger partial charge in [-0.15, -0.1) is 0 Å². The Morgan fingerprint density at radius 1 is 1.26 bits per heavy atom. The lowest BCUT2D eigenvalue weighted by molar-refractivity contribution is -0.125. The minimum absolute atomic E-state index is 0.0459. The van der Waals surface area contributed by atoms with Gasteiger partial charge < -0.3 is 15.0 Å². The van der Waals surface area contributed by atoms with Crippen molar-refractivity contribution in [1.29, 1.82) is 0 Å². The third kappa shape index (κ3) is 6.22. The Bertz CT molecular complexity index is 626. The van der Waals surface area contributed by atoms with Crippen molar-refractivity contribution in [2.75, 3.05) is 13.1 Å². The van der Waals surface area contributed by atoms with E-state index in [9.17, 15) is 9.59 Å². The number of rotatable bonds is 6. The van der Waals surface area contributed by atoms with Crippen molar-refractivity contribution in [2.45, 2.75) is 78.4 Å². The van der Waals surface area contributed by atoms with Crippen LogP contribution in [0.3, 0.4) is 0 Å². The maximum atomic E-state index is 12.1. The van der Waals surface area contributed by atoms with E-state index in [-0.39, 0.29) is 23.8 Å². The second-order valence-corrected chi connectivity index (χ2v) is 8.11. The van der Waals surface area contributed by atoms with Gasteiger partial charge in [0, 0.05) is 24.9 Å². The van der Waals surface area contributed by atoms with E-state index in [2.05, 4.69) is 20.5 Å². The average Bonchev–Trinajstić information content (AvgIpc) is 3.08. The summed E-state index contributed by atoms with van der Waals surface area (Å²) >= 11 is 0. The van der Waals surface area contributed by atoms with Gasteiger partial charge in [-0.1, -0.05) is 13.8 Å². The Morgan fingerprint density at radius 3 is 2.44 bits per heavy atom. The van der Waals surface area contributed by atoms with Gasteiger partial charge in [0.25, 0.3) is 0 Å². The molecule has 1 aromatic rings. The molecule has 2 N–H and O–H groups in total. The molecule has 0 aliphatic carbocycles. The summed E-state index contributed by atoms with van der Waals surface area (Å²) < 4.78 is 5.42. The molecule has 0 bridgehead atoms. The zero-order valence-corrected chi connectivity index (χ0v) is 17.2. The Kier molecular flexibility index (Phi) is 7.21. The number of ether oxygens (including phenoxy) is 1. The van der Waals surface area contributed by atoms with Gasteiger partial charge in [-0.05, 0) is 46.5 Å². The fourth-order valence-electron chi connectivity index (χ4n) is 3.19. The van der Waals surface area contributed by atoms with E-state index in [0.29, 0.717) is 25.5 Å². The molecule has 0 radical (unpaired) electrons. The number of carbonyl (C=O) groups is 2. The smallest absolute Gasteiger partial charge is 0.410 e. The number of hydrogen-bond donors (Lipinski definition) is 2. The van der Waals surface area contributed by atoms with Gasteiger partial charge in [0.2, 0.25) is 5.91 Å². The highest BCUT2D eigenvalue weighted by Gasteiger charge is 2.29. The third-order valence-corrected chi connectivity index (χ3v) is 4.85. The maximum absolute atomic E-state index is 12.1.